The summed E-state index contributed by atoms with van der Waals surface area (Å²) in [5, 5.41) is 0. The molecule has 0 aliphatic heterocycles. The lowest BCUT2D eigenvalue weighted by atomic mass is 10.3. The average molecular weight is 312 g/mol. The zero-order valence-corrected chi connectivity index (χ0v) is 9.92. The molecule has 0 atom stereocenters. The van der Waals surface area contributed by atoms with Crippen LogP contribution in [0.25, 0.3) is 11.0 Å². The number of H-pyrrole nitrogens is 1. The van der Waals surface area contributed by atoms with Crippen molar-refractivity contribution in [2.75, 3.05) is 0 Å². The summed E-state index contributed by atoms with van der Waals surface area (Å²) in [6, 6.07) is 5.59. The molecule has 21 heavy (non-hydrogen) atoms. The second kappa shape index (κ2) is 4.93. The number of para-hydroxylation sites is 2. The van der Waals surface area contributed by atoms with Gasteiger partial charge in [-0.3, -0.25) is 4.79 Å². The van der Waals surface area contributed by atoms with Gasteiger partial charge in [-0.05, 0) is 12.1 Å². The molecular weight excluding hydrogens is 306 g/mol. The first-order chi connectivity index (χ1) is 9.65. The summed E-state index contributed by atoms with van der Waals surface area (Å²) in [5.41, 5.74) is -1.25. The molecule has 0 saturated heterocycles. The highest BCUT2D eigenvalue weighted by atomic mass is 19.3. The van der Waals surface area contributed by atoms with Crippen molar-refractivity contribution in [1.82, 2.24) is 9.97 Å². The maximum atomic E-state index is 13.1. The summed E-state index contributed by atoms with van der Waals surface area (Å²) >= 11 is 0. The Morgan fingerprint density at radius 3 is 2.38 bits per heavy atom. The highest BCUT2D eigenvalue weighted by molar-refractivity contribution is 5.73. The van der Waals surface area contributed by atoms with Gasteiger partial charge in [0.2, 0.25) is 0 Å². The number of nitrogens with zero attached hydrogens (tertiary/aromatic N) is 1. The van der Waals surface area contributed by atoms with Crippen molar-refractivity contribution >= 4 is 11.0 Å². The van der Waals surface area contributed by atoms with Gasteiger partial charge in [-0.25, -0.2) is 13.8 Å². The topological polar surface area (TPSA) is 55.0 Å². The Hall–Kier alpha value is -2.26. The first kappa shape index (κ1) is 15.1. The molecule has 2 rings (SSSR count). The van der Waals surface area contributed by atoms with Crippen molar-refractivity contribution in [2.45, 2.75) is 18.5 Å². The molecule has 10 heteroatoms. The van der Waals surface area contributed by atoms with Gasteiger partial charge in [0.25, 0.3) is 5.88 Å². The minimum atomic E-state index is -5.77. The number of nitrogens with one attached hydrogen (secondary N) is 1. The van der Waals surface area contributed by atoms with E-state index in [0.29, 0.717) is 0 Å². The quantitative estimate of drug-likeness (QED) is 0.883. The molecule has 2 aromatic rings. The maximum Gasteiger partial charge on any atom is 0.471 e. The Morgan fingerprint density at radius 1 is 1.14 bits per heavy atom. The molecule has 1 aromatic heterocycles. The number of aromatic amines is 1. The number of rotatable bonds is 4. The fourth-order valence-corrected chi connectivity index (χ4v) is 1.40. The van der Waals surface area contributed by atoms with E-state index >= 15 is 0 Å². The van der Waals surface area contributed by atoms with E-state index in [-0.39, 0.29) is 11.0 Å². The number of hydrogen-bond donors (Lipinski definition) is 1. The molecule has 0 aliphatic rings. The van der Waals surface area contributed by atoms with E-state index in [9.17, 15) is 31.1 Å². The summed E-state index contributed by atoms with van der Waals surface area (Å²) in [5.74, 6) is -7.20. The minimum Gasteiger partial charge on any atom is -0.405 e. The molecule has 0 fully saturated rings. The van der Waals surface area contributed by atoms with E-state index in [4.69, 9.17) is 0 Å². The molecule has 4 nitrogen and oxygen atoms in total. The first-order valence-corrected chi connectivity index (χ1v) is 5.37. The zero-order chi connectivity index (χ0) is 15.8. The lowest BCUT2D eigenvalue weighted by Gasteiger charge is -2.24. The summed E-state index contributed by atoms with van der Waals surface area (Å²) in [6.07, 6.45) is -10.3. The van der Waals surface area contributed by atoms with Crippen LogP contribution in [0, 0.1) is 0 Å². The number of ether oxygens (including phenoxy) is 1. The van der Waals surface area contributed by atoms with Crippen LogP contribution < -0.4 is 10.3 Å². The molecule has 0 saturated carbocycles. The molecule has 0 unspecified atom stereocenters. The number of hydrogen-bond acceptors (Lipinski definition) is 3. The molecule has 1 N–H and O–H groups in total. The van der Waals surface area contributed by atoms with Crippen LogP contribution in [0.5, 0.6) is 5.88 Å². The lowest BCUT2D eigenvalue weighted by molar-refractivity contribution is -0.343. The number of halogens is 6. The Morgan fingerprint density at radius 2 is 1.76 bits per heavy atom. The highest BCUT2D eigenvalue weighted by Gasteiger charge is 2.66. The van der Waals surface area contributed by atoms with Crippen LogP contribution in [0.4, 0.5) is 26.3 Å². The second-order valence-electron chi connectivity index (χ2n) is 3.93. The van der Waals surface area contributed by atoms with Gasteiger partial charge in [-0.2, -0.15) is 17.6 Å². The van der Waals surface area contributed by atoms with Crippen LogP contribution >= 0.6 is 0 Å². The fraction of sp³-hybridized carbons (Fsp3) is 0.273. The van der Waals surface area contributed by atoms with Crippen molar-refractivity contribution in [3.8, 4) is 5.88 Å². The molecule has 1 aromatic carbocycles. The van der Waals surface area contributed by atoms with Gasteiger partial charge in [0.05, 0.1) is 11.0 Å². The SMILES string of the molecule is O=c1[nH]c2ccccc2nc1OC(F)(F)C(F)(F)C(F)F. The first-order valence-electron chi connectivity index (χ1n) is 5.37. The van der Waals surface area contributed by atoms with Crippen LogP contribution in [0.15, 0.2) is 29.1 Å². The second-order valence-corrected chi connectivity index (χ2v) is 3.93. The lowest BCUT2D eigenvalue weighted by Crippen LogP contribution is -2.51. The van der Waals surface area contributed by atoms with Gasteiger partial charge in [0, 0.05) is 0 Å². The van der Waals surface area contributed by atoms with Gasteiger partial charge in [0.15, 0.2) is 0 Å². The largest absolute Gasteiger partial charge is 0.471 e. The summed E-state index contributed by atoms with van der Waals surface area (Å²) in [7, 11) is 0. The van der Waals surface area contributed by atoms with Crippen molar-refractivity contribution < 1.29 is 31.1 Å². The molecule has 0 aliphatic carbocycles. The van der Waals surface area contributed by atoms with E-state index in [1.54, 1.807) is 0 Å². The van der Waals surface area contributed by atoms with Crippen LogP contribution in [0.1, 0.15) is 0 Å². The predicted molar refractivity (Wildman–Crippen MR) is 58.9 cm³/mol. The van der Waals surface area contributed by atoms with Crippen molar-refractivity contribution in [3.63, 3.8) is 0 Å². The van der Waals surface area contributed by atoms with Crippen LogP contribution in [-0.2, 0) is 0 Å². The number of aromatic nitrogens is 2. The normalized spacial score (nSPS) is 12.9. The third-order valence-corrected chi connectivity index (χ3v) is 2.46. The maximum absolute atomic E-state index is 13.1. The van der Waals surface area contributed by atoms with E-state index in [1.165, 1.54) is 24.3 Å². The fourth-order valence-electron chi connectivity index (χ4n) is 1.40. The van der Waals surface area contributed by atoms with Crippen LogP contribution in [-0.4, -0.2) is 28.4 Å². The Labute approximate surface area is 112 Å². The van der Waals surface area contributed by atoms with Crippen molar-refractivity contribution in [1.29, 1.82) is 0 Å². The standard InChI is InChI=1S/C11H6F6N2O2/c12-9(13)10(14,15)11(16,17)21-8-7(20)18-5-3-1-2-4-6(5)19-8/h1-4,9H,(H,18,20). The Bertz CT molecular complexity index is 715. The molecule has 114 valence electrons. The number of alkyl halides is 6. The number of benzene rings is 1. The van der Waals surface area contributed by atoms with E-state index in [2.05, 4.69) is 14.7 Å². The minimum absolute atomic E-state index is 0.0386. The van der Waals surface area contributed by atoms with Crippen LogP contribution in [0.2, 0.25) is 0 Å². The molecule has 0 bridgehead atoms. The predicted octanol–water partition coefficient (Wildman–Crippen LogP) is 2.80. The van der Waals surface area contributed by atoms with Gasteiger partial charge in [-0.15, -0.1) is 0 Å². The smallest absolute Gasteiger partial charge is 0.405 e. The van der Waals surface area contributed by atoms with Crippen LogP contribution in [0.3, 0.4) is 0 Å². The van der Waals surface area contributed by atoms with Gasteiger partial charge >= 0.3 is 24.0 Å². The summed E-state index contributed by atoms with van der Waals surface area (Å²) < 4.78 is 78.9. The monoisotopic (exact) mass is 312 g/mol. The van der Waals surface area contributed by atoms with E-state index in [0.717, 1.165) is 0 Å². The number of fused-ring (bicyclic) bond motifs is 1. The zero-order valence-electron chi connectivity index (χ0n) is 9.92. The summed E-state index contributed by atoms with van der Waals surface area (Å²) in [6.45, 7) is 0. The van der Waals surface area contributed by atoms with E-state index < -0.39 is 29.9 Å². The third-order valence-electron chi connectivity index (χ3n) is 2.46. The average Bonchev–Trinajstić information content (AvgIpc) is 2.39. The van der Waals surface area contributed by atoms with E-state index in [1.807, 2.05) is 0 Å². The highest BCUT2D eigenvalue weighted by Crippen LogP contribution is 2.39. The molecule has 0 spiro atoms. The summed E-state index contributed by atoms with van der Waals surface area (Å²) in [4.78, 5) is 16.8. The van der Waals surface area contributed by atoms with Gasteiger partial charge in [0.1, 0.15) is 0 Å². The van der Waals surface area contributed by atoms with Crippen molar-refractivity contribution in [3.05, 3.63) is 34.6 Å². The Kier molecular flexibility index (Phi) is 3.56. The molecule has 0 radical (unpaired) electrons. The third kappa shape index (κ3) is 2.65. The van der Waals surface area contributed by atoms with Gasteiger partial charge < -0.3 is 9.72 Å². The molecule has 0 amide bonds. The Balaban J connectivity index is 2.44. The van der Waals surface area contributed by atoms with Gasteiger partial charge in [-0.1, -0.05) is 12.1 Å². The van der Waals surface area contributed by atoms with Crippen molar-refractivity contribution in [2.24, 2.45) is 0 Å². The molecular formula is C11H6F6N2O2. The molecule has 1 heterocycles.